The first-order valence-electron chi connectivity index (χ1n) is 10.1. The van der Waals surface area contributed by atoms with E-state index in [-0.39, 0.29) is 22.3 Å². The lowest BCUT2D eigenvalue weighted by Crippen LogP contribution is -2.38. The largest absolute Gasteiger partial charge is 0.469 e. The van der Waals surface area contributed by atoms with Crippen molar-refractivity contribution in [3.05, 3.63) is 12.2 Å². The van der Waals surface area contributed by atoms with E-state index in [1.807, 2.05) is 0 Å². The molecule has 0 aromatic heterocycles. The molecule has 3 aliphatic carbocycles. The first kappa shape index (κ1) is 18.2. The van der Waals surface area contributed by atoms with E-state index in [1.54, 1.807) is 7.11 Å². The standard InChI is InChI=1S/C21H36O2Si/c1-6-7-8-9-10-11-14-20-16-12-13-17(15-16)21(20,24(3,4)5)18(20)19(22)23-2/h12-13,16-18H,6-11,14-15H2,1-5H3/t16-,17+,18+,20+,21+/m1/s1. The highest BCUT2D eigenvalue weighted by Gasteiger charge is 2.89. The lowest BCUT2D eigenvalue weighted by atomic mass is 9.83. The maximum atomic E-state index is 12.7. The summed E-state index contributed by atoms with van der Waals surface area (Å²) in [6.07, 6.45) is 15.5. The second kappa shape index (κ2) is 6.30. The molecule has 0 unspecified atom stereocenters. The average Bonchev–Trinajstić information content (AvgIpc) is 2.81. The van der Waals surface area contributed by atoms with E-state index in [4.69, 9.17) is 4.74 Å². The fraction of sp³-hybridized carbons (Fsp3) is 0.857. The molecule has 0 radical (unpaired) electrons. The number of rotatable bonds is 9. The van der Waals surface area contributed by atoms with Crippen LogP contribution in [0.2, 0.25) is 24.7 Å². The van der Waals surface area contributed by atoms with Gasteiger partial charge in [0, 0.05) is 0 Å². The Morgan fingerprint density at radius 2 is 1.71 bits per heavy atom. The Labute approximate surface area is 149 Å². The SMILES string of the molecule is CCCCCCCC[C@@]12[C@@H]3C=C[C@@H](C3)[C@]1([Si](C)(C)C)[C@H]2C(=O)OC. The van der Waals surface area contributed by atoms with E-state index < -0.39 is 8.07 Å². The van der Waals surface area contributed by atoms with Crippen LogP contribution >= 0.6 is 0 Å². The Morgan fingerprint density at radius 3 is 2.33 bits per heavy atom. The molecule has 0 aromatic carbocycles. The number of esters is 1. The van der Waals surface area contributed by atoms with E-state index >= 15 is 0 Å². The van der Waals surface area contributed by atoms with Crippen molar-refractivity contribution in [1.82, 2.24) is 0 Å². The van der Waals surface area contributed by atoms with Crippen LogP contribution in [0.3, 0.4) is 0 Å². The van der Waals surface area contributed by atoms with Crippen LogP contribution < -0.4 is 0 Å². The molecule has 0 heterocycles. The lowest BCUT2D eigenvalue weighted by Gasteiger charge is -2.36. The number of hydrogen-bond donors (Lipinski definition) is 0. The van der Waals surface area contributed by atoms with Gasteiger partial charge in [-0.1, -0.05) is 77.2 Å². The Kier molecular flexibility index (Phi) is 4.78. The topological polar surface area (TPSA) is 26.3 Å². The van der Waals surface area contributed by atoms with Crippen molar-refractivity contribution in [1.29, 1.82) is 0 Å². The van der Waals surface area contributed by atoms with E-state index in [2.05, 4.69) is 38.7 Å². The van der Waals surface area contributed by atoms with Crippen molar-refractivity contribution in [2.24, 2.45) is 23.2 Å². The van der Waals surface area contributed by atoms with Crippen LogP contribution in [0, 0.1) is 23.2 Å². The highest BCUT2D eigenvalue weighted by molar-refractivity contribution is 6.81. The predicted molar refractivity (Wildman–Crippen MR) is 103 cm³/mol. The van der Waals surface area contributed by atoms with Crippen molar-refractivity contribution in [2.75, 3.05) is 7.11 Å². The molecule has 2 saturated carbocycles. The molecule has 0 spiro atoms. The summed E-state index contributed by atoms with van der Waals surface area (Å²) < 4.78 is 5.30. The van der Waals surface area contributed by atoms with Crippen LogP contribution in [0.5, 0.6) is 0 Å². The summed E-state index contributed by atoms with van der Waals surface area (Å²) in [6.45, 7) is 9.73. The van der Waals surface area contributed by atoms with E-state index in [0.29, 0.717) is 11.8 Å². The van der Waals surface area contributed by atoms with Crippen LogP contribution in [-0.4, -0.2) is 21.2 Å². The molecule has 2 fully saturated rings. The number of allylic oxidation sites excluding steroid dienone is 2. The summed E-state index contributed by atoms with van der Waals surface area (Å²) in [4.78, 5) is 12.7. The average molecular weight is 349 g/mol. The van der Waals surface area contributed by atoms with E-state index in [9.17, 15) is 4.79 Å². The number of hydrogen-bond acceptors (Lipinski definition) is 2. The van der Waals surface area contributed by atoms with Crippen LogP contribution in [-0.2, 0) is 9.53 Å². The van der Waals surface area contributed by atoms with Crippen LogP contribution in [0.4, 0.5) is 0 Å². The normalized spacial score (nSPS) is 39.1. The van der Waals surface area contributed by atoms with Gasteiger partial charge in [0.1, 0.15) is 0 Å². The zero-order chi connectivity index (χ0) is 17.6. The lowest BCUT2D eigenvalue weighted by molar-refractivity contribution is -0.144. The molecule has 5 atom stereocenters. The van der Waals surface area contributed by atoms with Crippen molar-refractivity contribution < 1.29 is 9.53 Å². The smallest absolute Gasteiger partial charge is 0.309 e. The number of fused-ring (bicyclic) bond motifs is 5. The minimum absolute atomic E-state index is 0.0850. The van der Waals surface area contributed by atoms with E-state index in [0.717, 1.165) is 0 Å². The van der Waals surface area contributed by atoms with E-state index in [1.165, 1.54) is 51.4 Å². The quantitative estimate of drug-likeness (QED) is 0.227. The first-order chi connectivity index (χ1) is 11.4. The first-order valence-corrected chi connectivity index (χ1v) is 13.6. The summed E-state index contributed by atoms with van der Waals surface area (Å²) >= 11 is 0. The molecule has 0 aliphatic heterocycles. The monoisotopic (exact) mass is 348 g/mol. The Balaban J connectivity index is 1.78. The van der Waals surface area contributed by atoms with Gasteiger partial charge in [-0.15, -0.1) is 0 Å². The highest BCUT2D eigenvalue weighted by atomic mass is 28.3. The number of unbranched alkanes of at least 4 members (excludes halogenated alkanes) is 5. The Morgan fingerprint density at radius 1 is 1.08 bits per heavy atom. The summed E-state index contributed by atoms with van der Waals surface area (Å²) in [5, 5.41) is 0.274. The number of methoxy groups -OCH3 is 1. The third-order valence-electron chi connectivity index (χ3n) is 7.61. The molecule has 3 heteroatoms. The highest BCUT2D eigenvalue weighted by Crippen LogP contribution is 2.93. The second-order valence-corrected chi connectivity index (χ2v) is 14.8. The van der Waals surface area contributed by atoms with Gasteiger partial charge in [0.25, 0.3) is 0 Å². The fourth-order valence-electron chi connectivity index (χ4n) is 7.02. The third kappa shape index (κ3) is 2.22. The van der Waals surface area contributed by atoms with Gasteiger partial charge in [-0.05, 0) is 35.1 Å². The minimum Gasteiger partial charge on any atom is -0.469 e. The number of ether oxygens (including phenoxy) is 1. The van der Waals surface area contributed by atoms with Crippen LogP contribution in [0.15, 0.2) is 12.2 Å². The van der Waals surface area contributed by atoms with Gasteiger partial charge in [-0.3, -0.25) is 4.79 Å². The summed E-state index contributed by atoms with van der Waals surface area (Å²) in [5.74, 6) is 1.53. The zero-order valence-electron chi connectivity index (χ0n) is 16.4. The van der Waals surface area contributed by atoms with Crippen LogP contribution in [0.25, 0.3) is 0 Å². The van der Waals surface area contributed by atoms with Gasteiger partial charge in [0.05, 0.1) is 21.1 Å². The minimum atomic E-state index is -1.48. The summed E-state index contributed by atoms with van der Waals surface area (Å²) in [5.41, 5.74) is 0.245. The second-order valence-electron chi connectivity index (χ2n) is 9.47. The molecular formula is C21H36O2Si. The maximum Gasteiger partial charge on any atom is 0.309 e. The molecule has 3 aliphatic rings. The van der Waals surface area contributed by atoms with Crippen LogP contribution in [0.1, 0.15) is 58.3 Å². The number of carbonyl (C=O) groups is 1. The van der Waals surface area contributed by atoms with Gasteiger partial charge < -0.3 is 4.74 Å². The molecule has 0 saturated heterocycles. The molecule has 0 amide bonds. The van der Waals surface area contributed by atoms with Gasteiger partial charge in [-0.2, -0.15) is 0 Å². The van der Waals surface area contributed by atoms with Gasteiger partial charge in [-0.25, -0.2) is 0 Å². The van der Waals surface area contributed by atoms with Crippen molar-refractivity contribution >= 4 is 14.0 Å². The zero-order valence-corrected chi connectivity index (χ0v) is 17.4. The Hall–Kier alpha value is -0.573. The fourth-order valence-corrected chi connectivity index (χ4v) is 11.4. The van der Waals surface area contributed by atoms with Gasteiger partial charge in [0.2, 0.25) is 0 Å². The molecular weight excluding hydrogens is 312 g/mol. The predicted octanol–water partition coefficient (Wildman–Crippen LogP) is 5.81. The maximum absolute atomic E-state index is 12.7. The van der Waals surface area contributed by atoms with Gasteiger partial charge >= 0.3 is 5.97 Å². The molecule has 2 bridgehead atoms. The summed E-state index contributed by atoms with van der Waals surface area (Å²) in [7, 11) is 0.110. The molecule has 24 heavy (non-hydrogen) atoms. The number of carbonyl (C=O) groups excluding carboxylic acids is 1. The van der Waals surface area contributed by atoms with Crippen molar-refractivity contribution in [3.8, 4) is 0 Å². The third-order valence-corrected chi connectivity index (χ3v) is 11.2. The van der Waals surface area contributed by atoms with Gasteiger partial charge in [0.15, 0.2) is 0 Å². The molecule has 0 N–H and O–H groups in total. The molecule has 136 valence electrons. The van der Waals surface area contributed by atoms with Crippen molar-refractivity contribution in [3.63, 3.8) is 0 Å². The molecule has 2 nitrogen and oxygen atoms in total. The molecule has 3 rings (SSSR count). The molecule has 0 aromatic rings. The van der Waals surface area contributed by atoms with Crippen molar-refractivity contribution in [2.45, 2.75) is 83.0 Å². The Bertz CT molecular complexity index is 520. The summed E-state index contributed by atoms with van der Waals surface area (Å²) in [6, 6.07) is 0.